The fraction of sp³-hybridized carbons (Fsp3) is 0.318. The molecule has 2 atom stereocenters. The van der Waals surface area contributed by atoms with Crippen molar-refractivity contribution in [2.45, 2.75) is 32.9 Å². The summed E-state index contributed by atoms with van der Waals surface area (Å²) in [6, 6.07) is 16.8. The first-order valence-corrected chi connectivity index (χ1v) is 8.97. The quantitative estimate of drug-likeness (QED) is 0.848. The molecule has 0 saturated heterocycles. The number of carbonyl (C=O) groups is 1. The topological polar surface area (TPSA) is 49.6 Å². The third-order valence-electron chi connectivity index (χ3n) is 4.89. The van der Waals surface area contributed by atoms with E-state index in [2.05, 4.69) is 48.8 Å². The standard InChI is InChI=1S/C22H25N3O/c1-16-15-24(21-8-4-5-9-22(21)25(16)18(3)26)17(2)20-12-10-19(11-13-20)7-6-14-23/h4-5,8-13,16-17H,14-15,23H2,1-3H3/t16-,17?/m0/s1. The van der Waals surface area contributed by atoms with E-state index in [1.54, 1.807) is 6.92 Å². The van der Waals surface area contributed by atoms with E-state index in [-0.39, 0.29) is 18.0 Å². The van der Waals surface area contributed by atoms with Crippen LogP contribution in [0.3, 0.4) is 0 Å². The van der Waals surface area contributed by atoms with E-state index in [4.69, 9.17) is 5.73 Å². The molecule has 4 heteroatoms. The molecule has 2 aromatic rings. The molecule has 0 radical (unpaired) electrons. The van der Waals surface area contributed by atoms with Gasteiger partial charge < -0.3 is 15.5 Å². The van der Waals surface area contributed by atoms with Gasteiger partial charge in [0.15, 0.2) is 0 Å². The van der Waals surface area contributed by atoms with Crippen LogP contribution in [0.1, 0.15) is 37.9 Å². The minimum Gasteiger partial charge on any atom is -0.361 e. The molecule has 2 N–H and O–H groups in total. The zero-order valence-electron chi connectivity index (χ0n) is 15.6. The minimum absolute atomic E-state index is 0.0834. The summed E-state index contributed by atoms with van der Waals surface area (Å²) in [5, 5.41) is 0. The molecule has 0 aliphatic carbocycles. The van der Waals surface area contributed by atoms with Crippen LogP contribution in [-0.4, -0.2) is 25.0 Å². The highest BCUT2D eigenvalue weighted by atomic mass is 16.2. The number of hydrogen-bond acceptors (Lipinski definition) is 3. The lowest BCUT2D eigenvalue weighted by molar-refractivity contribution is -0.117. The maximum Gasteiger partial charge on any atom is 0.224 e. The monoisotopic (exact) mass is 347 g/mol. The van der Waals surface area contributed by atoms with Gasteiger partial charge in [0.1, 0.15) is 0 Å². The lowest BCUT2D eigenvalue weighted by Crippen LogP contribution is -2.50. The molecule has 2 aromatic carbocycles. The summed E-state index contributed by atoms with van der Waals surface area (Å²) >= 11 is 0. The summed E-state index contributed by atoms with van der Waals surface area (Å²) in [4.78, 5) is 16.4. The molecule has 0 aromatic heterocycles. The van der Waals surface area contributed by atoms with Gasteiger partial charge in [-0.15, -0.1) is 0 Å². The van der Waals surface area contributed by atoms with Gasteiger partial charge in [-0.05, 0) is 43.7 Å². The van der Waals surface area contributed by atoms with Gasteiger partial charge in [-0.3, -0.25) is 4.79 Å². The van der Waals surface area contributed by atoms with Crippen molar-refractivity contribution in [2.75, 3.05) is 22.9 Å². The minimum atomic E-state index is 0.0834. The summed E-state index contributed by atoms with van der Waals surface area (Å²) in [7, 11) is 0. The number of hydrogen-bond donors (Lipinski definition) is 1. The molecule has 3 rings (SSSR count). The average molecular weight is 347 g/mol. The lowest BCUT2D eigenvalue weighted by Gasteiger charge is -2.44. The Morgan fingerprint density at radius 2 is 1.85 bits per heavy atom. The maximum atomic E-state index is 12.1. The first-order chi connectivity index (χ1) is 12.5. The van der Waals surface area contributed by atoms with E-state index in [1.807, 2.05) is 35.2 Å². The molecule has 0 spiro atoms. The average Bonchev–Trinajstić information content (AvgIpc) is 2.65. The molecule has 0 bridgehead atoms. The van der Waals surface area contributed by atoms with Crippen LogP contribution in [-0.2, 0) is 4.79 Å². The van der Waals surface area contributed by atoms with Crippen LogP contribution in [0, 0.1) is 11.8 Å². The summed E-state index contributed by atoms with van der Waals surface area (Å²) in [6.45, 7) is 7.10. The van der Waals surface area contributed by atoms with Gasteiger partial charge in [-0.25, -0.2) is 0 Å². The lowest BCUT2D eigenvalue weighted by atomic mass is 10.0. The van der Waals surface area contributed by atoms with Crippen molar-refractivity contribution in [2.24, 2.45) is 5.73 Å². The molecule has 1 heterocycles. The molecule has 4 nitrogen and oxygen atoms in total. The van der Waals surface area contributed by atoms with Crippen molar-refractivity contribution in [1.29, 1.82) is 0 Å². The molecule has 26 heavy (non-hydrogen) atoms. The Labute approximate surface area is 155 Å². The van der Waals surface area contributed by atoms with Crippen LogP contribution in [0.2, 0.25) is 0 Å². The van der Waals surface area contributed by atoms with Gasteiger partial charge in [0, 0.05) is 19.0 Å². The molecule has 1 amide bonds. The number of nitrogens with two attached hydrogens (primary N) is 1. The van der Waals surface area contributed by atoms with Crippen LogP contribution in [0.5, 0.6) is 0 Å². The second-order valence-corrected chi connectivity index (χ2v) is 6.68. The van der Waals surface area contributed by atoms with Crippen LogP contribution in [0.15, 0.2) is 48.5 Å². The number of fused-ring (bicyclic) bond motifs is 1. The van der Waals surface area contributed by atoms with Crippen LogP contribution in [0.25, 0.3) is 0 Å². The summed E-state index contributed by atoms with van der Waals surface area (Å²) in [6.07, 6.45) is 0. The van der Waals surface area contributed by atoms with Gasteiger partial charge >= 0.3 is 0 Å². The predicted molar refractivity (Wildman–Crippen MR) is 107 cm³/mol. The number of para-hydroxylation sites is 2. The smallest absolute Gasteiger partial charge is 0.224 e. The zero-order chi connectivity index (χ0) is 18.7. The summed E-state index contributed by atoms with van der Waals surface area (Å²) in [5.74, 6) is 6.02. The first kappa shape index (κ1) is 18.0. The largest absolute Gasteiger partial charge is 0.361 e. The SMILES string of the molecule is CC(=O)N1c2ccccc2N(C(C)c2ccc(C#CCN)cc2)C[C@@H]1C. The van der Waals surface area contributed by atoms with Crippen molar-refractivity contribution < 1.29 is 4.79 Å². The van der Waals surface area contributed by atoms with E-state index >= 15 is 0 Å². The first-order valence-electron chi connectivity index (χ1n) is 8.97. The van der Waals surface area contributed by atoms with Gasteiger partial charge in [0.05, 0.1) is 30.0 Å². The second kappa shape index (κ2) is 7.63. The maximum absolute atomic E-state index is 12.1. The summed E-state index contributed by atoms with van der Waals surface area (Å²) < 4.78 is 0. The van der Waals surface area contributed by atoms with Gasteiger partial charge in [0.2, 0.25) is 5.91 Å². The van der Waals surface area contributed by atoms with Gasteiger partial charge in [0.25, 0.3) is 0 Å². The highest BCUT2D eigenvalue weighted by molar-refractivity contribution is 5.97. The van der Waals surface area contributed by atoms with E-state index < -0.39 is 0 Å². The molecule has 134 valence electrons. The fourth-order valence-electron chi connectivity index (χ4n) is 3.64. The highest BCUT2D eigenvalue weighted by Crippen LogP contribution is 2.39. The van der Waals surface area contributed by atoms with E-state index in [0.717, 1.165) is 23.5 Å². The van der Waals surface area contributed by atoms with Gasteiger partial charge in [-0.2, -0.15) is 0 Å². The molecule has 1 unspecified atom stereocenters. The third-order valence-corrected chi connectivity index (χ3v) is 4.89. The fourth-order valence-corrected chi connectivity index (χ4v) is 3.64. The Bertz CT molecular complexity index is 848. The highest BCUT2D eigenvalue weighted by Gasteiger charge is 2.32. The molecule has 0 fully saturated rings. The van der Waals surface area contributed by atoms with E-state index in [9.17, 15) is 4.79 Å². The Morgan fingerprint density at radius 3 is 2.46 bits per heavy atom. The summed E-state index contributed by atoms with van der Waals surface area (Å²) in [5.41, 5.74) is 9.71. The Kier molecular flexibility index (Phi) is 5.29. The third kappa shape index (κ3) is 3.44. The van der Waals surface area contributed by atoms with Crippen molar-refractivity contribution >= 4 is 17.3 Å². The van der Waals surface area contributed by atoms with Crippen LogP contribution in [0.4, 0.5) is 11.4 Å². The van der Waals surface area contributed by atoms with Crippen LogP contribution < -0.4 is 15.5 Å². The Balaban J connectivity index is 1.93. The second-order valence-electron chi connectivity index (χ2n) is 6.68. The molecular weight excluding hydrogens is 322 g/mol. The van der Waals surface area contributed by atoms with E-state index in [0.29, 0.717) is 6.54 Å². The predicted octanol–water partition coefficient (Wildman–Crippen LogP) is 3.32. The Morgan fingerprint density at radius 1 is 1.19 bits per heavy atom. The Hall–Kier alpha value is -2.77. The number of anilines is 2. The zero-order valence-corrected chi connectivity index (χ0v) is 15.6. The van der Waals surface area contributed by atoms with E-state index in [1.165, 1.54) is 5.56 Å². The normalized spacial score (nSPS) is 17.2. The molecular formula is C22H25N3O. The number of carbonyl (C=O) groups excluding carboxylic acids is 1. The van der Waals surface area contributed by atoms with Crippen molar-refractivity contribution in [1.82, 2.24) is 0 Å². The van der Waals surface area contributed by atoms with Crippen molar-refractivity contribution in [3.8, 4) is 11.8 Å². The van der Waals surface area contributed by atoms with Gasteiger partial charge in [-0.1, -0.05) is 36.1 Å². The number of benzene rings is 2. The van der Waals surface area contributed by atoms with Crippen LogP contribution >= 0.6 is 0 Å². The number of amides is 1. The van der Waals surface area contributed by atoms with Crippen molar-refractivity contribution in [3.05, 3.63) is 59.7 Å². The van der Waals surface area contributed by atoms with Crippen molar-refractivity contribution in [3.63, 3.8) is 0 Å². The molecule has 0 saturated carbocycles. The molecule has 1 aliphatic rings. The molecule has 1 aliphatic heterocycles. The number of rotatable bonds is 2. The number of nitrogens with zero attached hydrogens (tertiary/aromatic N) is 2.